The second kappa shape index (κ2) is 11.1. The van der Waals surface area contributed by atoms with Crippen molar-refractivity contribution in [3.05, 3.63) is 88.7 Å². The maximum atomic E-state index is 13.4. The fraction of sp³-hybridized carbons (Fsp3) is 0.286. The van der Waals surface area contributed by atoms with E-state index in [9.17, 15) is 14.0 Å². The third-order valence-electron chi connectivity index (χ3n) is 6.27. The molecule has 4 rings (SSSR count). The highest BCUT2D eigenvalue weighted by Crippen LogP contribution is 2.38. The van der Waals surface area contributed by atoms with Crippen LogP contribution in [-0.2, 0) is 22.4 Å². The van der Waals surface area contributed by atoms with Crippen molar-refractivity contribution in [1.82, 2.24) is 4.90 Å². The Morgan fingerprint density at radius 3 is 2.25 bits per heavy atom. The van der Waals surface area contributed by atoms with Crippen LogP contribution in [0, 0.1) is 5.82 Å². The Morgan fingerprint density at radius 2 is 1.61 bits per heavy atom. The number of carbonyl (C=O) groups is 2. The van der Waals surface area contributed by atoms with Gasteiger partial charge in [0, 0.05) is 6.54 Å². The highest BCUT2D eigenvalue weighted by atomic mass is 19.1. The Labute approximate surface area is 209 Å². The van der Waals surface area contributed by atoms with Crippen molar-refractivity contribution < 1.29 is 32.9 Å². The van der Waals surface area contributed by atoms with Crippen LogP contribution in [0.3, 0.4) is 0 Å². The molecule has 1 amide bonds. The number of ether oxygens (including phenoxy) is 4. The van der Waals surface area contributed by atoms with Gasteiger partial charge in [-0.1, -0.05) is 12.1 Å². The summed E-state index contributed by atoms with van der Waals surface area (Å²) >= 11 is 0. The Kier molecular flexibility index (Phi) is 7.73. The molecule has 0 N–H and O–H groups in total. The van der Waals surface area contributed by atoms with E-state index in [1.54, 1.807) is 55.5 Å². The van der Waals surface area contributed by atoms with E-state index in [0.29, 0.717) is 35.8 Å². The van der Waals surface area contributed by atoms with Crippen molar-refractivity contribution in [3.63, 3.8) is 0 Å². The van der Waals surface area contributed by atoms with Gasteiger partial charge >= 0.3 is 5.97 Å². The first kappa shape index (κ1) is 25.0. The second-order valence-electron chi connectivity index (χ2n) is 8.39. The summed E-state index contributed by atoms with van der Waals surface area (Å²) in [5.41, 5.74) is 3.11. The molecule has 36 heavy (non-hydrogen) atoms. The molecule has 1 aliphatic heterocycles. The summed E-state index contributed by atoms with van der Waals surface area (Å²) in [5.74, 6) is 0.889. The molecule has 0 radical (unpaired) electrons. The van der Waals surface area contributed by atoms with E-state index >= 15 is 0 Å². The van der Waals surface area contributed by atoms with Gasteiger partial charge in [-0.25, -0.2) is 9.18 Å². The summed E-state index contributed by atoms with van der Waals surface area (Å²) in [7, 11) is 4.48. The predicted octanol–water partition coefficient (Wildman–Crippen LogP) is 4.38. The first-order chi connectivity index (χ1) is 17.4. The van der Waals surface area contributed by atoms with Crippen LogP contribution in [0.2, 0.25) is 0 Å². The Bertz CT molecular complexity index is 1230. The normalized spacial score (nSPS) is 14.6. The number of amides is 1. The average Bonchev–Trinajstić information content (AvgIpc) is 2.91. The quantitative estimate of drug-likeness (QED) is 0.434. The third kappa shape index (κ3) is 5.43. The molecule has 7 nitrogen and oxygen atoms in total. The van der Waals surface area contributed by atoms with Gasteiger partial charge in [0.15, 0.2) is 11.5 Å². The lowest BCUT2D eigenvalue weighted by atomic mass is 9.91. The van der Waals surface area contributed by atoms with Crippen LogP contribution < -0.4 is 14.2 Å². The Morgan fingerprint density at radius 1 is 0.944 bits per heavy atom. The molecule has 3 aromatic carbocycles. The standard InChI is InChI=1S/C28H28FNO6/c1-33-25-15-20-12-13-30(27(31)14-18-4-8-21(29)9-5-18)24(23(20)16-26(25)34-2)17-36-22-10-6-19(7-11-22)28(32)35-3/h4-11,15-16,24H,12-14,17H2,1-3H3/t24-/m1/s1. The number of hydrogen-bond acceptors (Lipinski definition) is 6. The van der Waals surface area contributed by atoms with Gasteiger partial charge in [-0.3, -0.25) is 4.79 Å². The van der Waals surface area contributed by atoms with E-state index in [0.717, 1.165) is 16.7 Å². The first-order valence-corrected chi connectivity index (χ1v) is 11.5. The van der Waals surface area contributed by atoms with E-state index in [1.807, 2.05) is 12.1 Å². The molecule has 3 aromatic rings. The molecule has 0 spiro atoms. The van der Waals surface area contributed by atoms with Gasteiger partial charge in [0.05, 0.1) is 39.4 Å². The zero-order valence-electron chi connectivity index (χ0n) is 20.5. The first-order valence-electron chi connectivity index (χ1n) is 11.5. The molecule has 0 saturated heterocycles. The summed E-state index contributed by atoms with van der Waals surface area (Å²) in [4.78, 5) is 26.9. The van der Waals surface area contributed by atoms with Crippen molar-refractivity contribution in [2.75, 3.05) is 34.5 Å². The van der Waals surface area contributed by atoms with Crippen LogP contribution in [0.15, 0.2) is 60.7 Å². The van der Waals surface area contributed by atoms with Gasteiger partial charge < -0.3 is 23.8 Å². The van der Waals surface area contributed by atoms with E-state index in [2.05, 4.69) is 0 Å². The third-order valence-corrected chi connectivity index (χ3v) is 6.27. The fourth-order valence-corrected chi connectivity index (χ4v) is 4.37. The average molecular weight is 494 g/mol. The van der Waals surface area contributed by atoms with Crippen molar-refractivity contribution in [1.29, 1.82) is 0 Å². The molecule has 1 heterocycles. The Balaban J connectivity index is 1.61. The summed E-state index contributed by atoms with van der Waals surface area (Å²) in [6.07, 6.45) is 0.794. The van der Waals surface area contributed by atoms with Crippen LogP contribution in [0.1, 0.15) is 33.1 Å². The monoisotopic (exact) mass is 493 g/mol. The maximum Gasteiger partial charge on any atom is 0.337 e. The van der Waals surface area contributed by atoms with E-state index in [1.165, 1.54) is 19.2 Å². The lowest BCUT2D eigenvalue weighted by Crippen LogP contribution is -2.43. The molecule has 8 heteroatoms. The molecular formula is C28H28FNO6. The zero-order chi connectivity index (χ0) is 25.7. The van der Waals surface area contributed by atoms with Gasteiger partial charge in [-0.15, -0.1) is 0 Å². The molecule has 0 saturated carbocycles. The van der Waals surface area contributed by atoms with Gasteiger partial charge in [0.25, 0.3) is 0 Å². The van der Waals surface area contributed by atoms with Crippen molar-refractivity contribution >= 4 is 11.9 Å². The minimum Gasteiger partial charge on any atom is -0.493 e. The molecule has 1 atom stereocenters. The van der Waals surface area contributed by atoms with Crippen molar-refractivity contribution in [2.45, 2.75) is 18.9 Å². The van der Waals surface area contributed by atoms with Gasteiger partial charge in [-0.2, -0.15) is 0 Å². The molecule has 0 unspecified atom stereocenters. The number of fused-ring (bicyclic) bond motifs is 1. The highest BCUT2D eigenvalue weighted by molar-refractivity contribution is 5.89. The van der Waals surface area contributed by atoms with E-state index in [-0.39, 0.29) is 30.8 Å². The lowest BCUT2D eigenvalue weighted by Gasteiger charge is -2.37. The van der Waals surface area contributed by atoms with Crippen molar-refractivity contribution in [3.8, 4) is 17.2 Å². The minimum absolute atomic E-state index is 0.0864. The lowest BCUT2D eigenvalue weighted by molar-refractivity contribution is -0.134. The number of hydrogen-bond donors (Lipinski definition) is 0. The molecule has 188 valence electrons. The van der Waals surface area contributed by atoms with Gasteiger partial charge in [0.1, 0.15) is 18.2 Å². The second-order valence-corrected chi connectivity index (χ2v) is 8.39. The van der Waals surface area contributed by atoms with Crippen LogP contribution in [0.25, 0.3) is 0 Å². The van der Waals surface area contributed by atoms with E-state index in [4.69, 9.17) is 18.9 Å². The fourth-order valence-electron chi connectivity index (χ4n) is 4.37. The maximum absolute atomic E-state index is 13.4. The number of halogens is 1. The molecule has 0 aliphatic carbocycles. The van der Waals surface area contributed by atoms with Crippen LogP contribution in [-0.4, -0.2) is 51.3 Å². The molecular weight excluding hydrogens is 465 g/mol. The minimum atomic E-state index is -0.429. The number of nitrogens with zero attached hydrogens (tertiary/aromatic N) is 1. The van der Waals surface area contributed by atoms with Gasteiger partial charge in [0.2, 0.25) is 5.91 Å². The molecule has 1 aliphatic rings. The highest BCUT2D eigenvalue weighted by Gasteiger charge is 2.33. The van der Waals surface area contributed by atoms with Crippen LogP contribution in [0.4, 0.5) is 4.39 Å². The molecule has 0 aromatic heterocycles. The van der Waals surface area contributed by atoms with E-state index < -0.39 is 5.97 Å². The largest absolute Gasteiger partial charge is 0.493 e. The molecule has 0 fully saturated rings. The van der Waals surface area contributed by atoms with Crippen LogP contribution >= 0.6 is 0 Å². The number of carbonyl (C=O) groups excluding carboxylic acids is 2. The topological polar surface area (TPSA) is 74.3 Å². The number of benzene rings is 3. The van der Waals surface area contributed by atoms with Gasteiger partial charge in [-0.05, 0) is 71.6 Å². The SMILES string of the molecule is COC(=O)c1ccc(OC[C@@H]2c3cc(OC)c(OC)cc3CCN2C(=O)Cc2ccc(F)cc2)cc1. The summed E-state index contributed by atoms with van der Waals surface area (Å²) in [6, 6.07) is 16.0. The summed E-state index contributed by atoms with van der Waals surface area (Å²) in [5, 5.41) is 0. The number of rotatable bonds is 8. The smallest absolute Gasteiger partial charge is 0.337 e. The predicted molar refractivity (Wildman–Crippen MR) is 131 cm³/mol. The number of methoxy groups -OCH3 is 3. The zero-order valence-corrected chi connectivity index (χ0v) is 20.5. The Hall–Kier alpha value is -4.07. The number of esters is 1. The van der Waals surface area contributed by atoms with Crippen LogP contribution in [0.5, 0.6) is 17.2 Å². The summed E-state index contributed by atoms with van der Waals surface area (Å²) in [6.45, 7) is 0.688. The summed E-state index contributed by atoms with van der Waals surface area (Å²) < 4.78 is 35.1. The molecule has 0 bridgehead atoms. The van der Waals surface area contributed by atoms with Crippen molar-refractivity contribution in [2.24, 2.45) is 0 Å².